The highest BCUT2D eigenvalue weighted by atomic mass is 79.9. The molecule has 0 spiro atoms. The van der Waals surface area contributed by atoms with Gasteiger partial charge in [-0.05, 0) is 47.9 Å². The van der Waals surface area contributed by atoms with Crippen molar-refractivity contribution in [1.29, 1.82) is 0 Å². The minimum atomic E-state index is -0.254. The summed E-state index contributed by atoms with van der Waals surface area (Å²) in [4.78, 5) is 0. The van der Waals surface area contributed by atoms with Crippen molar-refractivity contribution in [2.75, 3.05) is 7.11 Å². The average Bonchev–Trinajstić information content (AvgIpc) is 2.43. The van der Waals surface area contributed by atoms with Gasteiger partial charge in [-0.15, -0.1) is 0 Å². The minimum Gasteiger partial charge on any atom is -0.497 e. The van der Waals surface area contributed by atoms with Crippen LogP contribution < -0.4 is 10.5 Å². The molecule has 100 valence electrons. The molecule has 2 aromatic carbocycles. The van der Waals surface area contributed by atoms with Gasteiger partial charge in [0.2, 0.25) is 0 Å². The second-order valence-electron chi connectivity index (χ2n) is 4.32. The third-order valence-corrected chi connectivity index (χ3v) is 3.74. The van der Waals surface area contributed by atoms with Gasteiger partial charge in [0.15, 0.2) is 0 Å². The zero-order chi connectivity index (χ0) is 13.8. The van der Waals surface area contributed by atoms with E-state index in [2.05, 4.69) is 15.9 Å². The smallest absolute Gasteiger partial charge is 0.123 e. The predicted molar refractivity (Wildman–Crippen MR) is 77.7 cm³/mol. The molecule has 0 radical (unpaired) electrons. The maximum Gasteiger partial charge on any atom is 0.123 e. The van der Waals surface area contributed by atoms with E-state index in [9.17, 15) is 4.39 Å². The number of benzene rings is 2. The molecule has 0 fully saturated rings. The van der Waals surface area contributed by atoms with Crippen LogP contribution in [0.5, 0.6) is 5.75 Å². The summed E-state index contributed by atoms with van der Waals surface area (Å²) in [6.07, 6.45) is 0.561. The van der Waals surface area contributed by atoms with Crippen LogP contribution in [0.15, 0.2) is 46.9 Å². The molecule has 0 saturated carbocycles. The normalized spacial score (nSPS) is 12.2. The highest BCUT2D eigenvalue weighted by Crippen LogP contribution is 2.25. The monoisotopic (exact) mass is 323 g/mol. The Hall–Kier alpha value is -1.39. The summed E-state index contributed by atoms with van der Waals surface area (Å²) in [5, 5.41) is 0. The zero-order valence-corrected chi connectivity index (χ0v) is 12.2. The van der Waals surface area contributed by atoms with Crippen LogP contribution in [0, 0.1) is 5.82 Å². The van der Waals surface area contributed by atoms with Gasteiger partial charge in [-0.1, -0.05) is 28.1 Å². The van der Waals surface area contributed by atoms with Gasteiger partial charge >= 0.3 is 0 Å². The van der Waals surface area contributed by atoms with Gasteiger partial charge in [-0.3, -0.25) is 0 Å². The molecule has 19 heavy (non-hydrogen) atoms. The first kappa shape index (κ1) is 14.0. The molecule has 2 rings (SSSR count). The SMILES string of the molecule is COc1cccc(C(N)Cc2cc(F)ccc2Br)c1. The lowest BCUT2D eigenvalue weighted by Gasteiger charge is -2.14. The quantitative estimate of drug-likeness (QED) is 0.927. The standard InChI is InChI=1S/C15H15BrFNO/c1-19-13-4-2-3-10(8-13)15(18)9-11-7-12(17)5-6-14(11)16/h2-8,15H,9,18H2,1H3. The molecule has 2 nitrogen and oxygen atoms in total. The lowest BCUT2D eigenvalue weighted by Crippen LogP contribution is -2.13. The highest BCUT2D eigenvalue weighted by Gasteiger charge is 2.11. The molecular weight excluding hydrogens is 309 g/mol. The second-order valence-corrected chi connectivity index (χ2v) is 5.18. The maximum atomic E-state index is 13.2. The third-order valence-electron chi connectivity index (χ3n) is 2.97. The van der Waals surface area contributed by atoms with E-state index in [1.54, 1.807) is 13.2 Å². The fraction of sp³-hybridized carbons (Fsp3) is 0.200. The Balaban J connectivity index is 2.20. The van der Waals surface area contributed by atoms with E-state index in [0.29, 0.717) is 6.42 Å². The Labute approximate surface area is 120 Å². The number of rotatable bonds is 4. The molecule has 0 aromatic heterocycles. The van der Waals surface area contributed by atoms with Crippen molar-refractivity contribution < 1.29 is 9.13 Å². The molecule has 0 aliphatic carbocycles. The average molecular weight is 324 g/mol. The van der Waals surface area contributed by atoms with Gasteiger partial charge in [-0.2, -0.15) is 0 Å². The van der Waals surface area contributed by atoms with E-state index >= 15 is 0 Å². The van der Waals surface area contributed by atoms with Crippen LogP contribution in [0.1, 0.15) is 17.2 Å². The van der Waals surface area contributed by atoms with E-state index < -0.39 is 0 Å². The first-order chi connectivity index (χ1) is 9.10. The highest BCUT2D eigenvalue weighted by molar-refractivity contribution is 9.10. The summed E-state index contributed by atoms with van der Waals surface area (Å²) in [6.45, 7) is 0. The Morgan fingerprint density at radius 3 is 2.79 bits per heavy atom. The van der Waals surface area contributed by atoms with Crippen LogP contribution in [0.3, 0.4) is 0 Å². The van der Waals surface area contributed by atoms with Crippen LogP contribution in [0.25, 0.3) is 0 Å². The number of nitrogens with two attached hydrogens (primary N) is 1. The zero-order valence-electron chi connectivity index (χ0n) is 10.6. The van der Waals surface area contributed by atoms with Crippen molar-refractivity contribution in [2.45, 2.75) is 12.5 Å². The molecular formula is C15H15BrFNO. The maximum absolute atomic E-state index is 13.2. The van der Waals surface area contributed by atoms with Crippen LogP contribution >= 0.6 is 15.9 Å². The second kappa shape index (κ2) is 6.17. The van der Waals surface area contributed by atoms with E-state index in [-0.39, 0.29) is 11.9 Å². The van der Waals surface area contributed by atoms with Gasteiger partial charge in [0.1, 0.15) is 11.6 Å². The summed E-state index contributed by atoms with van der Waals surface area (Å²) in [6, 6.07) is 12.0. The number of halogens is 2. The summed E-state index contributed by atoms with van der Waals surface area (Å²) < 4.78 is 19.3. The minimum absolute atomic E-state index is 0.201. The van der Waals surface area contributed by atoms with Crippen LogP contribution in [-0.4, -0.2) is 7.11 Å². The lowest BCUT2D eigenvalue weighted by molar-refractivity contribution is 0.413. The Kier molecular flexibility index (Phi) is 4.56. The molecule has 0 heterocycles. The molecule has 0 amide bonds. The number of hydrogen-bond acceptors (Lipinski definition) is 2. The predicted octanol–water partition coefficient (Wildman–Crippen LogP) is 3.84. The van der Waals surface area contributed by atoms with Crippen molar-refractivity contribution >= 4 is 15.9 Å². The molecule has 0 bridgehead atoms. The van der Waals surface area contributed by atoms with E-state index in [4.69, 9.17) is 10.5 Å². The molecule has 0 saturated heterocycles. The Morgan fingerprint density at radius 1 is 1.26 bits per heavy atom. The summed E-state index contributed by atoms with van der Waals surface area (Å²) in [5.41, 5.74) is 8.00. The Bertz CT molecular complexity index is 574. The number of ether oxygens (including phenoxy) is 1. The third kappa shape index (κ3) is 3.55. The number of methoxy groups -OCH3 is 1. The van der Waals surface area contributed by atoms with Gasteiger partial charge < -0.3 is 10.5 Å². The van der Waals surface area contributed by atoms with Crippen molar-refractivity contribution in [1.82, 2.24) is 0 Å². The van der Waals surface area contributed by atoms with Crippen LogP contribution in [0.4, 0.5) is 4.39 Å². The topological polar surface area (TPSA) is 35.2 Å². The van der Waals surface area contributed by atoms with Gasteiger partial charge in [0.05, 0.1) is 7.11 Å². The molecule has 1 atom stereocenters. The molecule has 2 aromatic rings. The number of hydrogen-bond donors (Lipinski definition) is 1. The fourth-order valence-corrected chi connectivity index (χ4v) is 2.34. The van der Waals surface area contributed by atoms with Crippen LogP contribution in [0.2, 0.25) is 0 Å². The van der Waals surface area contributed by atoms with Gasteiger partial charge in [0, 0.05) is 10.5 Å². The van der Waals surface area contributed by atoms with Gasteiger partial charge in [0.25, 0.3) is 0 Å². The van der Waals surface area contributed by atoms with E-state index in [1.807, 2.05) is 24.3 Å². The lowest BCUT2D eigenvalue weighted by atomic mass is 9.99. The van der Waals surface area contributed by atoms with E-state index in [1.165, 1.54) is 12.1 Å². The van der Waals surface area contributed by atoms with Crippen molar-refractivity contribution in [2.24, 2.45) is 5.73 Å². The largest absolute Gasteiger partial charge is 0.497 e. The molecule has 1 unspecified atom stereocenters. The molecule has 2 N–H and O–H groups in total. The summed E-state index contributed by atoms with van der Waals surface area (Å²) in [7, 11) is 1.62. The summed E-state index contributed by atoms with van der Waals surface area (Å²) >= 11 is 3.41. The van der Waals surface area contributed by atoms with Crippen molar-refractivity contribution in [3.63, 3.8) is 0 Å². The molecule has 0 aliphatic heterocycles. The summed E-state index contributed by atoms with van der Waals surface area (Å²) in [5.74, 6) is 0.516. The molecule has 0 aliphatic rings. The first-order valence-corrected chi connectivity index (χ1v) is 6.73. The van der Waals surface area contributed by atoms with Crippen molar-refractivity contribution in [3.05, 3.63) is 63.9 Å². The van der Waals surface area contributed by atoms with Crippen molar-refractivity contribution in [3.8, 4) is 5.75 Å². The fourth-order valence-electron chi connectivity index (χ4n) is 1.93. The van der Waals surface area contributed by atoms with E-state index in [0.717, 1.165) is 21.3 Å². The van der Waals surface area contributed by atoms with Gasteiger partial charge in [-0.25, -0.2) is 4.39 Å². The van der Waals surface area contributed by atoms with Crippen LogP contribution in [-0.2, 0) is 6.42 Å². The molecule has 4 heteroatoms. The Morgan fingerprint density at radius 2 is 2.05 bits per heavy atom. The first-order valence-electron chi connectivity index (χ1n) is 5.93.